The Morgan fingerprint density at radius 2 is 2.10 bits per heavy atom. The first-order valence-electron chi connectivity index (χ1n) is 6.25. The van der Waals surface area contributed by atoms with E-state index < -0.39 is 4.92 Å². The molecule has 7 heteroatoms. The number of benzene rings is 1. The SMILES string of the molecule is CCOc1ccccc1C(=O)Nc1ccc([N+](=O)[O-])cn1. The van der Waals surface area contributed by atoms with Crippen molar-refractivity contribution in [2.75, 3.05) is 11.9 Å². The largest absolute Gasteiger partial charge is 0.493 e. The van der Waals surface area contributed by atoms with E-state index in [4.69, 9.17) is 4.74 Å². The Balaban J connectivity index is 2.16. The predicted molar refractivity (Wildman–Crippen MR) is 76.5 cm³/mol. The van der Waals surface area contributed by atoms with Gasteiger partial charge in [-0.3, -0.25) is 14.9 Å². The minimum atomic E-state index is -0.553. The molecule has 0 aliphatic carbocycles. The van der Waals surface area contributed by atoms with Crippen molar-refractivity contribution in [2.24, 2.45) is 0 Å². The van der Waals surface area contributed by atoms with Crippen LogP contribution in [-0.2, 0) is 0 Å². The third kappa shape index (κ3) is 3.53. The highest BCUT2D eigenvalue weighted by atomic mass is 16.6. The zero-order valence-corrected chi connectivity index (χ0v) is 11.3. The first kappa shape index (κ1) is 14.4. The molecule has 7 nitrogen and oxygen atoms in total. The third-order valence-corrected chi connectivity index (χ3v) is 2.63. The average molecular weight is 287 g/mol. The second kappa shape index (κ2) is 6.47. The fourth-order valence-corrected chi connectivity index (χ4v) is 1.69. The quantitative estimate of drug-likeness (QED) is 0.673. The number of hydrogen-bond acceptors (Lipinski definition) is 5. The highest BCUT2D eigenvalue weighted by Crippen LogP contribution is 2.19. The van der Waals surface area contributed by atoms with Crippen LogP contribution in [0.4, 0.5) is 11.5 Å². The number of anilines is 1. The summed E-state index contributed by atoms with van der Waals surface area (Å²) >= 11 is 0. The van der Waals surface area contributed by atoms with Crippen molar-refractivity contribution in [3.8, 4) is 5.75 Å². The van der Waals surface area contributed by atoms with E-state index in [9.17, 15) is 14.9 Å². The molecule has 0 atom stereocenters. The fraction of sp³-hybridized carbons (Fsp3) is 0.143. The van der Waals surface area contributed by atoms with E-state index in [1.165, 1.54) is 12.1 Å². The lowest BCUT2D eigenvalue weighted by Crippen LogP contribution is -2.14. The Hall–Kier alpha value is -2.96. The molecule has 0 saturated carbocycles. The number of pyridine rings is 1. The number of rotatable bonds is 5. The summed E-state index contributed by atoms with van der Waals surface area (Å²) < 4.78 is 5.38. The molecule has 2 rings (SSSR count). The van der Waals surface area contributed by atoms with Gasteiger partial charge in [0.2, 0.25) is 0 Å². The third-order valence-electron chi connectivity index (χ3n) is 2.63. The molecule has 0 spiro atoms. The van der Waals surface area contributed by atoms with Gasteiger partial charge in [-0.2, -0.15) is 0 Å². The normalized spacial score (nSPS) is 9.95. The van der Waals surface area contributed by atoms with Crippen LogP contribution in [0, 0.1) is 10.1 Å². The van der Waals surface area contributed by atoms with Gasteiger partial charge >= 0.3 is 0 Å². The zero-order valence-electron chi connectivity index (χ0n) is 11.3. The van der Waals surface area contributed by atoms with Crippen molar-refractivity contribution in [1.82, 2.24) is 4.98 Å². The minimum Gasteiger partial charge on any atom is -0.493 e. The van der Waals surface area contributed by atoms with Crippen molar-refractivity contribution in [1.29, 1.82) is 0 Å². The van der Waals surface area contributed by atoms with Gasteiger partial charge in [-0.1, -0.05) is 12.1 Å². The van der Waals surface area contributed by atoms with Gasteiger partial charge in [-0.15, -0.1) is 0 Å². The molecular weight excluding hydrogens is 274 g/mol. The van der Waals surface area contributed by atoms with Crippen molar-refractivity contribution in [2.45, 2.75) is 6.92 Å². The smallest absolute Gasteiger partial charge is 0.287 e. The number of nitrogens with zero attached hydrogens (tertiary/aromatic N) is 2. The van der Waals surface area contributed by atoms with Crippen LogP contribution < -0.4 is 10.1 Å². The highest BCUT2D eigenvalue weighted by Gasteiger charge is 2.13. The minimum absolute atomic E-state index is 0.136. The molecule has 0 fully saturated rings. The van der Waals surface area contributed by atoms with Gasteiger partial charge in [0.25, 0.3) is 11.6 Å². The number of carbonyl (C=O) groups is 1. The van der Waals surface area contributed by atoms with Crippen LogP contribution in [0.25, 0.3) is 0 Å². The van der Waals surface area contributed by atoms with Crippen molar-refractivity contribution in [3.63, 3.8) is 0 Å². The molecule has 1 heterocycles. The van der Waals surface area contributed by atoms with Gasteiger partial charge in [0.15, 0.2) is 0 Å². The maximum absolute atomic E-state index is 12.2. The number of carbonyl (C=O) groups excluding carboxylic acids is 1. The molecule has 0 saturated heterocycles. The summed E-state index contributed by atoms with van der Waals surface area (Å²) in [6.45, 7) is 2.27. The Bertz CT molecular complexity index is 656. The van der Waals surface area contributed by atoms with Crippen LogP contribution in [0.15, 0.2) is 42.6 Å². The van der Waals surface area contributed by atoms with E-state index in [1.807, 2.05) is 6.92 Å². The Kier molecular flexibility index (Phi) is 4.45. The molecule has 21 heavy (non-hydrogen) atoms. The standard InChI is InChI=1S/C14H13N3O4/c1-2-21-12-6-4-3-5-11(12)14(18)16-13-8-7-10(9-15-13)17(19)20/h3-9H,2H2,1H3,(H,15,16,18). The number of hydrogen-bond donors (Lipinski definition) is 1. The Morgan fingerprint density at radius 3 is 2.71 bits per heavy atom. The van der Waals surface area contributed by atoms with Crippen LogP contribution in [0.5, 0.6) is 5.75 Å². The Labute approximate surface area is 120 Å². The second-order valence-electron chi connectivity index (χ2n) is 4.04. The van der Waals surface area contributed by atoms with E-state index in [1.54, 1.807) is 24.3 Å². The predicted octanol–water partition coefficient (Wildman–Crippen LogP) is 2.64. The summed E-state index contributed by atoms with van der Waals surface area (Å²) in [6.07, 6.45) is 1.09. The summed E-state index contributed by atoms with van der Waals surface area (Å²) in [5.74, 6) is 0.316. The van der Waals surface area contributed by atoms with Gasteiger partial charge < -0.3 is 10.1 Å². The number of amides is 1. The summed E-state index contributed by atoms with van der Waals surface area (Å²) in [7, 11) is 0. The zero-order chi connectivity index (χ0) is 15.2. The first-order valence-corrected chi connectivity index (χ1v) is 6.25. The van der Waals surface area contributed by atoms with Crippen LogP contribution in [0.2, 0.25) is 0 Å². The number of aromatic nitrogens is 1. The molecule has 1 aromatic heterocycles. The molecule has 1 aromatic carbocycles. The molecular formula is C14H13N3O4. The van der Waals surface area contributed by atoms with E-state index in [2.05, 4.69) is 10.3 Å². The van der Waals surface area contributed by atoms with Crippen molar-refractivity contribution < 1.29 is 14.5 Å². The maximum atomic E-state index is 12.2. The topological polar surface area (TPSA) is 94.4 Å². The van der Waals surface area contributed by atoms with Gasteiger partial charge in [0.05, 0.1) is 17.1 Å². The first-order chi connectivity index (χ1) is 10.1. The van der Waals surface area contributed by atoms with Crippen LogP contribution in [-0.4, -0.2) is 22.4 Å². The highest BCUT2D eigenvalue weighted by molar-refractivity contribution is 6.05. The monoisotopic (exact) mass is 287 g/mol. The molecule has 0 aliphatic heterocycles. The number of para-hydroxylation sites is 1. The van der Waals surface area contributed by atoms with Gasteiger partial charge in [-0.25, -0.2) is 4.98 Å². The number of ether oxygens (including phenoxy) is 1. The molecule has 0 bridgehead atoms. The molecule has 108 valence electrons. The number of nitrogens with one attached hydrogen (secondary N) is 1. The van der Waals surface area contributed by atoms with E-state index >= 15 is 0 Å². The number of nitro groups is 1. The van der Waals surface area contributed by atoms with E-state index in [-0.39, 0.29) is 17.4 Å². The van der Waals surface area contributed by atoms with E-state index in [0.717, 1.165) is 6.20 Å². The fourth-order valence-electron chi connectivity index (χ4n) is 1.69. The molecule has 0 aliphatic rings. The lowest BCUT2D eigenvalue weighted by atomic mass is 10.2. The van der Waals surface area contributed by atoms with E-state index in [0.29, 0.717) is 17.9 Å². The molecule has 1 N–H and O–H groups in total. The Morgan fingerprint density at radius 1 is 1.33 bits per heavy atom. The van der Waals surface area contributed by atoms with Gasteiger partial charge in [0.1, 0.15) is 17.8 Å². The second-order valence-corrected chi connectivity index (χ2v) is 4.04. The van der Waals surface area contributed by atoms with Crippen LogP contribution in [0.3, 0.4) is 0 Å². The summed E-state index contributed by atoms with van der Waals surface area (Å²) in [4.78, 5) is 26.0. The van der Waals surface area contributed by atoms with Crippen LogP contribution in [0.1, 0.15) is 17.3 Å². The molecule has 1 amide bonds. The molecule has 0 radical (unpaired) electrons. The summed E-state index contributed by atoms with van der Waals surface area (Å²) in [5.41, 5.74) is 0.238. The maximum Gasteiger partial charge on any atom is 0.287 e. The summed E-state index contributed by atoms with van der Waals surface area (Å²) in [6, 6.07) is 9.47. The molecule has 2 aromatic rings. The lowest BCUT2D eigenvalue weighted by molar-refractivity contribution is -0.385. The average Bonchev–Trinajstić information content (AvgIpc) is 2.48. The van der Waals surface area contributed by atoms with Crippen molar-refractivity contribution >= 4 is 17.4 Å². The van der Waals surface area contributed by atoms with Crippen LogP contribution >= 0.6 is 0 Å². The summed E-state index contributed by atoms with van der Waals surface area (Å²) in [5, 5.41) is 13.1. The molecule has 0 unspecified atom stereocenters. The van der Waals surface area contributed by atoms with Gasteiger partial charge in [0, 0.05) is 6.07 Å². The van der Waals surface area contributed by atoms with Crippen molar-refractivity contribution in [3.05, 3.63) is 58.3 Å². The van der Waals surface area contributed by atoms with Gasteiger partial charge in [-0.05, 0) is 25.1 Å². The lowest BCUT2D eigenvalue weighted by Gasteiger charge is -2.09.